The molecule has 0 heterocycles. The number of nitrogens with one attached hydrogen (secondary N) is 1. The fourth-order valence-corrected chi connectivity index (χ4v) is 2.15. The molecule has 0 saturated heterocycles. The highest BCUT2D eigenvalue weighted by molar-refractivity contribution is 6.34. The lowest BCUT2D eigenvalue weighted by Crippen LogP contribution is -2.13. The number of anilines is 1. The molecule has 2 aromatic carbocycles. The molecule has 0 atom stereocenters. The molecular formula is C14H10ClN3O5. The third-order valence-corrected chi connectivity index (χ3v) is 3.39. The van der Waals surface area contributed by atoms with Crippen molar-refractivity contribution in [2.45, 2.75) is 6.92 Å². The number of halogens is 1. The maximum atomic E-state index is 12.2. The summed E-state index contributed by atoms with van der Waals surface area (Å²) in [6, 6.07) is 7.50. The largest absolute Gasteiger partial charge is 0.322 e. The molecule has 0 fully saturated rings. The van der Waals surface area contributed by atoms with Crippen LogP contribution in [0, 0.1) is 27.2 Å². The fourth-order valence-electron chi connectivity index (χ4n) is 1.89. The number of nitro groups is 2. The number of hydrogen-bond donors (Lipinski definition) is 1. The highest BCUT2D eigenvalue weighted by atomic mass is 35.5. The monoisotopic (exact) mass is 335 g/mol. The van der Waals surface area contributed by atoms with Crippen molar-refractivity contribution < 1.29 is 14.6 Å². The van der Waals surface area contributed by atoms with Crippen LogP contribution >= 0.6 is 11.6 Å². The minimum Gasteiger partial charge on any atom is -0.322 e. The Labute approximate surface area is 135 Å². The van der Waals surface area contributed by atoms with Crippen LogP contribution in [0.15, 0.2) is 36.4 Å². The first kappa shape index (κ1) is 16.4. The van der Waals surface area contributed by atoms with Crippen LogP contribution in [0.2, 0.25) is 5.02 Å². The molecular weight excluding hydrogens is 326 g/mol. The van der Waals surface area contributed by atoms with Crippen LogP contribution < -0.4 is 5.32 Å². The van der Waals surface area contributed by atoms with Gasteiger partial charge in [0.1, 0.15) is 0 Å². The minimum absolute atomic E-state index is 0.0590. The van der Waals surface area contributed by atoms with Gasteiger partial charge in [0.05, 0.1) is 20.4 Å². The van der Waals surface area contributed by atoms with E-state index in [0.29, 0.717) is 11.3 Å². The number of non-ortho nitro benzene ring substituents is 2. The first-order valence-corrected chi connectivity index (χ1v) is 6.67. The van der Waals surface area contributed by atoms with E-state index in [1.165, 1.54) is 30.3 Å². The van der Waals surface area contributed by atoms with Crippen molar-refractivity contribution in [3.8, 4) is 0 Å². The Hall–Kier alpha value is -3.00. The summed E-state index contributed by atoms with van der Waals surface area (Å²) in [5, 5.41) is 23.8. The maximum Gasteiger partial charge on any atom is 0.270 e. The molecule has 0 aromatic heterocycles. The van der Waals surface area contributed by atoms with E-state index in [0.717, 1.165) is 6.07 Å². The Bertz CT molecular complexity index is 822. The standard InChI is InChI=1S/C14H10ClN3O5/c1-8-6-9(17(20)21)3-5-13(8)16-14(19)11-4-2-10(18(22)23)7-12(11)15/h2-7H,1H3,(H,16,19). The van der Waals surface area contributed by atoms with Crippen molar-refractivity contribution in [3.63, 3.8) is 0 Å². The lowest BCUT2D eigenvalue weighted by atomic mass is 10.1. The van der Waals surface area contributed by atoms with Gasteiger partial charge in [-0.3, -0.25) is 25.0 Å². The van der Waals surface area contributed by atoms with Crippen molar-refractivity contribution in [1.29, 1.82) is 0 Å². The summed E-state index contributed by atoms with van der Waals surface area (Å²) in [7, 11) is 0. The van der Waals surface area contributed by atoms with Gasteiger partial charge in [-0.25, -0.2) is 0 Å². The van der Waals surface area contributed by atoms with Crippen LogP contribution in [0.1, 0.15) is 15.9 Å². The molecule has 0 radical (unpaired) electrons. The molecule has 8 nitrogen and oxygen atoms in total. The average Bonchev–Trinajstić information content (AvgIpc) is 2.48. The first-order valence-electron chi connectivity index (χ1n) is 6.30. The van der Waals surface area contributed by atoms with Gasteiger partial charge >= 0.3 is 0 Å². The highest BCUT2D eigenvalue weighted by Gasteiger charge is 2.16. The van der Waals surface area contributed by atoms with E-state index in [4.69, 9.17) is 11.6 Å². The zero-order chi connectivity index (χ0) is 17.1. The van der Waals surface area contributed by atoms with Crippen LogP contribution in [0.3, 0.4) is 0 Å². The molecule has 118 valence electrons. The van der Waals surface area contributed by atoms with Gasteiger partial charge in [0.2, 0.25) is 0 Å². The molecule has 0 aliphatic carbocycles. The number of amides is 1. The Morgan fingerprint density at radius 3 is 2.13 bits per heavy atom. The zero-order valence-corrected chi connectivity index (χ0v) is 12.5. The van der Waals surface area contributed by atoms with Gasteiger partial charge in [0, 0.05) is 30.0 Å². The van der Waals surface area contributed by atoms with E-state index in [9.17, 15) is 25.0 Å². The van der Waals surface area contributed by atoms with Gasteiger partial charge in [-0.1, -0.05) is 11.6 Å². The summed E-state index contributed by atoms with van der Waals surface area (Å²) in [6.45, 7) is 1.61. The third-order valence-electron chi connectivity index (χ3n) is 3.08. The lowest BCUT2D eigenvalue weighted by Gasteiger charge is -2.09. The van der Waals surface area contributed by atoms with Crippen LogP contribution in [0.4, 0.5) is 17.1 Å². The van der Waals surface area contributed by atoms with Gasteiger partial charge < -0.3 is 5.32 Å². The Kier molecular flexibility index (Phi) is 4.56. The summed E-state index contributed by atoms with van der Waals surface area (Å²) in [6.07, 6.45) is 0. The number of hydrogen-bond acceptors (Lipinski definition) is 5. The predicted molar refractivity (Wildman–Crippen MR) is 83.9 cm³/mol. The smallest absolute Gasteiger partial charge is 0.270 e. The van der Waals surface area contributed by atoms with Crippen molar-refractivity contribution in [2.24, 2.45) is 0 Å². The summed E-state index contributed by atoms with van der Waals surface area (Å²) in [4.78, 5) is 32.4. The van der Waals surface area contributed by atoms with E-state index < -0.39 is 15.8 Å². The number of benzene rings is 2. The molecule has 0 saturated carbocycles. The molecule has 0 aliphatic rings. The summed E-state index contributed by atoms with van der Waals surface area (Å²) in [5.74, 6) is -0.568. The van der Waals surface area contributed by atoms with E-state index in [2.05, 4.69) is 5.32 Å². The maximum absolute atomic E-state index is 12.2. The Balaban J connectivity index is 2.26. The van der Waals surface area contributed by atoms with Crippen LogP contribution in [0.25, 0.3) is 0 Å². The van der Waals surface area contributed by atoms with E-state index in [1.807, 2.05) is 0 Å². The molecule has 0 unspecified atom stereocenters. The third kappa shape index (κ3) is 3.61. The molecule has 23 heavy (non-hydrogen) atoms. The second-order valence-electron chi connectivity index (χ2n) is 4.63. The van der Waals surface area contributed by atoms with Gasteiger partial charge in [-0.2, -0.15) is 0 Å². The van der Waals surface area contributed by atoms with Crippen molar-refractivity contribution in [3.05, 3.63) is 72.8 Å². The van der Waals surface area contributed by atoms with Crippen LogP contribution in [0.5, 0.6) is 0 Å². The number of rotatable bonds is 4. The van der Waals surface area contributed by atoms with Crippen LogP contribution in [-0.4, -0.2) is 15.8 Å². The number of carbonyl (C=O) groups is 1. The summed E-state index contributed by atoms with van der Waals surface area (Å²) >= 11 is 5.89. The topological polar surface area (TPSA) is 115 Å². The first-order chi connectivity index (χ1) is 10.8. The van der Waals surface area contributed by atoms with Gasteiger partial charge in [-0.05, 0) is 24.6 Å². The molecule has 9 heteroatoms. The van der Waals surface area contributed by atoms with Gasteiger partial charge in [0.15, 0.2) is 0 Å². The molecule has 0 spiro atoms. The fraction of sp³-hybridized carbons (Fsp3) is 0.0714. The van der Waals surface area contributed by atoms with Crippen molar-refractivity contribution in [1.82, 2.24) is 0 Å². The van der Waals surface area contributed by atoms with E-state index in [-0.39, 0.29) is 22.0 Å². The molecule has 1 amide bonds. The summed E-state index contributed by atoms with van der Waals surface area (Å²) < 4.78 is 0. The van der Waals surface area contributed by atoms with Crippen molar-refractivity contribution >= 4 is 34.6 Å². The summed E-state index contributed by atoms with van der Waals surface area (Å²) in [5.41, 5.74) is 0.641. The number of aryl methyl sites for hydroxylation is 1. The second kappa shape index (κ2) is 6.41. The molecule has 2 rings (SSSR count). The average molecular weight is 336 g/mol. The normalized spacial score (nSPS) is 10.2. The SMILES string of the molecule is Cc1cc([N+](=O)[O-])ccc1NC(=O)c1ccc([N+](=O)[O-])cc1Cl. The minimum atomic E-state index is -0.617. The molecule has 2 aromatic rings. The van der Waals surface area contributed by atoms with E-state index in [1.54, 1.807) is 6.92 Å². The highest BCUT2D eigenvalue weighted by Crippen LogP contribution is 2.25. The van der Waals surface area contributed by atoms with Crippen molar-refractivity contribution in [2.75, 3.05) is 5.32 Å². The number of nitrogens with zero attached hydrogens (tertiary/aromatic N) is 2. The Morgan fingerprint density at radius 1 is 1.04 bits per heavy atom. The van der Waals surface area contributed by atoms with E-state index >= 15 is 0 Å². The lowest BCUT2D eigenvalue weighted by molar-refractivity contribution is -0.385. The van der Waals surface area contributed by atoms with Gasteiger partial charge in [-0.15, -0.1) is 0 Å². The second-order valence-corrected chi connectivity index (χ2v) is 5.04. The number of nitro benzene ring substituents is 2. The Morgan fingerprint density at radius 2 is 1.61 bits per heavy atom. The zero-order valence-electron chi connectivity index (χ0n) is 11.8. The molecule has 0 aliphatic heterocycles. The van der Waals surface area contributed by atoms with Crippen LogP contribution in [-0.2, 0) is 0 Å². The molecule has 0 bridgehead atoms. The van der Waals surface area contributed by atoms with Gasteiger partial charge in [0.25, 0.3) is 17.3 Å². The predicted octanol–water partition coefficient (Wildman–Crippen LogP) is 3.72. The number of carbonyl (C=O) groups excluding carboxylic acids is 1. The molecule has 1 N–H and O–H groups in total. The quantitative estimate of drug-likeness (QED) is 0.675.